The second-order valence-corrected chi connectivity index (χ2v) is 8.71. The van der Waals surface area contributed by atoms with Gasteiger partial charge in [0.15, 0.2) is 0 Å². The lowest BCUT2D eigenvalue weighted by atomic mass is 9.99. The molecule has 6 rings (SSSR count). The molecule has 1 fully saturated rings. The van der Waals surface area contributed by atoms with Gasteiger partial charge in [0.1, 0.15) is 11.2 Å². The molecule has 1 aliphatic rings. The molecule has 1 aliphatic heterocycles. The molecule has 144 valence electrons. The van der Waals surface area contributed by atoms with Crippen molar-refractivity contribution in [2.24, 2.45) is 0 Å². The van der Waals surface area contributed by atoms with Gasteiger partial charge >= 0.3 is 8.16 Å². The number of benzene rings is 4. The predicted octanol–water partition coefficient (Wildman–Crippen LogP) is 6.56. The van der Waals surface area contributed by atoms with Crippen molar-refractivity contribution in [1.82, 2.24) is 0 Å². The molecule has 0 atom stereocenters. The van der Waals surface area contributed by atoms with Crippen LogP contribution in [0.4, 0.5) is 0 Å². The van der Waals surface area contributed by atoms with Crippen molar-refractivity contribution in [2.45, 2.75) is 0 Å². The second kappa shape index (κ2) is 6.93. The third-order valence-electron chi connectivity index (χ3n) is 5.60. The van der Waals surface area contributed by atoms with Gasteiger partial charge in [0.05, 0.1) is 13.2 Å². The molecular formula is C24H20NO3P. The Morgan fingerprint density at radius 2 is 1.14 bits per heavy atom. The van der Waals surface area contributed by atoms with Crippen LogP contribution >= 0.6 is 8.16 Å². The quantitative estimate of drug-likeness (QED) is 0.319. The molecule has 29 heavy (non-hydrogen) atoms. The van der Waals surface area contributed by atoms with E-state index in [-0.39, 0.29) is 0 Å². The van der Waals surface area contributed by atoms with E-state index < -0.39 is 8.16 Å². The lowest BCUT2D eigenvalue weighted by molar-refractivity contribution is 0.125. The summed E-state index contributed by atoms with van der Waals surface area (Å²) in [5, 5.41) is 7.01. The Bertz CT molecular complexity index is 1310. The van der Waals surface area contributed by atoms with Gasteiger partial charge in [-0.25, -0.2) is 0 Å². The van der Waals surface area contributed by atoms with Gasteiger partial charge in [-0.1, -0.05) is 60.7 Å². The zero-order chi connectivity index (χ0) is 19.2. The summed E-state index contributed by atoms with van der Waals surface area (Å²) in [6.07, 6.45) is 0. The van der Waals surface area contributed by atoms with Crippen LogP contribution in [-0.4, -0.2) is 26.3 Å². The van der Waals surface area contributed by atoms with Crippen molar-refractivity contribution in [3.63, 3.8) is 0 Å². The summed E-state index contributed by atoms with van der Waals surface area (Å²) >= 11 is 0. The highest BCUT2D eigenvalue weighted by Crippen LogP contribution is 2.41. The lowest BCUT2D eigenvalue weighted by Crippen LogP contribution is -2.33. The first-order valence-corrected chi connectivity index (χ1v) is 11.0. The molecule has 5 heteroatoms. The van der Waals surface area contributed by atoms with Crippen LogP contribution in [-0.2, 0) is 4.74 Å². The molecule has 0 saturated carbocycles. The fourth-order valence-corrected chi connectivity index (χ4v) is 5.59. The van der Waals surface area contributed by atoms with Gasteiger partial charge in [0, 0.05) is 23.9 Å². The SMILES string of the molecule is c1ccc2c(c1)ccc1op(N3CCOCC3)oc3ccc4ccccc4c3c12. The topological polar surface area (TPSA) is 38.8 Å². The first kappa shape index (κ1) is 17.1. The molecule has 0 N–H and O–H groups in total. The minimum Gasteiger partial charge on any atom is -0.408 e. The third kappa shape index (κ3) is 2.84. The monoisotopic (exact) mass is 401 g/mol. The van der Waals surface area contributed by atoms with Gasteiger partial charge < -0.3 is 13.1 Å². The maximum atomic E-state index is 6.55. The molecule has 0 bridgehead atoms. The Morgan fingerprint density at radius 3 is 1.69 bits per heavy atom. The van der Waals surface area contributed by atoms with E-state index >= 15 is 0 Å². The van der Waals surface area contributed by atoms with Crippen LogP contribution in [0, 0.1) is 0 Å². The average molecular weight is 401 g/mol. The zero-order valence-electron chi connectivity index (χ0n) is 15.9. The number of hydrogen-bond donors (Lipinski definition) is 0. The molecule has 0 amide bonds. The summed E-state index contributed by atoms with van der Waals surface area (Å²) in [5.41, 5.74) is 1.77. The highest BCUT2D eigenvalue weighted by Gasteiger charge is 2.19. The summed E-state index contributed by atoms with van der Waals surface area (Å²) in [7, 11) is -1.25. The highest BCUT2D eigenvalue weighted by atomic mass is 31.1. The van der Waals surface area contributed by atoms with Gasteiger partial charge in [-0.2, -0.15) is 4.67 Å². The van der Waals surface area contributed by atoms with Crippen molar-refractivity contribution < 1.29 is 13.1 Å². The lowest BCUT2D eigenvalue weighted by Gasteiger charge is -2.22. The molecule has 0 aliphatic carbocycles. The van der Waals surface area contributed by atoms with Crippen LogP contribution in [0.15, 0.2) is 81.2 Å². The van der Waals surface area contributed by atoms with Gasteiger partial charge in [-0.05, 0) is 33.7 Å². The van der Waals surface area contributed by atoms with Crippen molar-refractivity contribution >= 4 is 51.6 Å². The van der Waals surface area contributed by atoms with Crippen molar-refractivity contribution in [1.29, 1.82) is 0 Å². The van der Waals surface area contributed by atoms with Crippen LogP contribution in [0.5, 0.6) is 0 Å². The first-order chi connectivity index (χ1) is 14.4. The smallest absolute Gasteiger partial charge is 0.309 e. The van der Waals surface area contributed by atoms with Gasteiger partial charge in [-0.15, -0.1) is 0 Å². The minimum atomic E-state index is -1.25. The summed E-state index contributed by atoms with van der Waals surface area (Å²) < 4.78 is 20.9. The Labute approximate surface area is 168 Å². The van der Waals surface area contributed by atoms with Crippen molar-refractivity contribution in [3.8, 4) is 0 Å². The molecule has 4 nitrogen and oxygen atoms in total. The molecule has 0 spiro atoms. The number of nitrogens with zero attached hydrogens (tertiary/aromatic N) is 1. The number of rotatable bonds is 1. The molecule has 1 aromatic heterocycles. The van der Waals surface area contributed by atoms with E-state index in [0.29, 0.717) is 13.2 Å². The summed E-state index contributed by atoms with van der Waals surface area (Å²) in [5.74, 6) is 0. The third-order valence-corrected chi connectivity index (χ3v) is 7.17. The van der Waals surface area contributed by atoms with Gasteiger partial charge in [-0.3, -0.25) is 0 Å². The molecule has 0 unspecified atom stereocenters. The van der Waals surface area contributed by atoms with Crippen molar-refractivity contribution in [3.05, 3.63) is 72.8 Å². The number of ether oxygens (including phenoxy) is 1. The summed E-state index contributed by atoms with van der Waals surface area (Å²) in [4.78, 5) is 0. The largest absolute Gasteiger partial charge is 0.408 e. The molecule has 5 aromatic rings. The van der Waals surface area contributed by atoms with E-state index in [2.05, 4.69) is 77.5 Å². The van der Waals surface area contributed by atoms with Crippen LogP contribution in [0.2, 0.25) is 0 Å². The fraction of sp³-hybridized carbons (Fsp3) is 0.167. The van der Waals surface area contributed by atoms with Crippen LogP contribution in [0.25, 0.3) is 43.5 Å². The van der Waals surface area contributed by atoms with E-state index in [9.17, 15) is 0 Å². The maximum absolute atomic E-state index is 6.55. The summed E-state index contributed by atoms with van der Waals surface area (Å²) in [6.45, 7) is 3.05. The number of fused-ring (bicyclic) bond motifs is 7. The molecule has 2 heterocycles. The van der Waals surface area contributed by atoms with Crippen LogP contribution in [0.1, 0.15) is 0 Å². The summed E-state index contributed by atoms with van der Waals surface area (Å²) in [6, 6.07) is 25.4. The first-order valence-electron chi connectivity index (χ1n) is 9.91. The normalized spacial score (nSPS) is 15.4. The highest BCUT2D eigenvalue weighted by molar-refractivity contribution is 7.39. The van der Waals surface area contributed by atoms with Gasteiger partial charge in [0.25, 0.3) is 0 Å². The van der Waals surface area contributed by atoms with Crippen molar-refractivity contribution in [2.75, 3.05) is 31.0 Å². The van der Waals surface area contributed by atoms with Crippen LogP contribution in [0.3, 0.4) is 0 Å². The number of morpholine rings is 1. The second-order valence-electron chi connectivity index (χ2n) is 7.31. The standard InChI is InChI=1S/C24H20NO3P/c1-3-7-19-17(5-1)9-11-21-23(19)24-20-8-4-2-6-18(20)10-12-22(24)28-29(27-21)25-13-15-26-16-14-25/h1-12H,13-16H2. The minimum absolute atomic E-state index is 0.709. The zero-order valence-corrected chi connectivity index (χ0v) is 16.8. The Hall–Kier alpha value is -2.78. The van der Waals surface area contributed by atoms with E-state index in [0.717, 1.165) is 35.0 Å². The number of hydrogen-bond acceptors (Lipinski definition) is 4. The maximum Gasteiger partial charge on any atom is 0.309 e. The van der Waals surface area contributed by atoms with Gasteiger partial charge in [0.2, 0.25) is 0 Å². The fourth-order valence-electron chi connectivity index (χ4n) is 4.19. The average Bonchev–Trinajstić information content (AvgIpc) is 2.97. The molecule has 1 saturated heterocycles. The van der Waals surface area contributed by atoms with Crippen LogP contribution < -0.4 is 4.67 Å². The Balaban J connectivity index is 1.84. The van der Waals surface area contributed by atoms with E-state index in [1.807, 2.05) is 0 Å². The predicted molar refractivity (Wildman–Crippen MR) is 120 cm³/mol. The Kier molecular flexibility index (Phi) is 4.09. The van der Waals surface area contributed by atoms with E-state index in [1.165, 1.54) is 21.5 Å². The molecule has 4 aromatic carbocycles. The molecule has 0 radical (unpaired) electrons. The van der Waals surface area contributed by atoms with E-state index in [1.54, 1.807) is 0 Å². The van der Waals surface area contributed by atoms with E-state index in [4.69, 9.17) is 13.1 Å². The Morgan fingerprint density at radius 1 is 0.621 bits per heavy atom. The molecular weight excluding hydrogens is 381 g/mol.